The largest absolute Gasteiger partial charge is 0.489 e. The predicted molar refractivity (Wildman–Crippen MR) is 120 cm³/mol. The van der Waals surface area contributed by atoms with E-state index >= 15 is 0 Å². The molecule has 0 unspecified atom stereocenters. The molecule has 0 saturated heterocycles. The molecular weight excluding hydrogens is 474 g/mol. The average Bonchev–Trinajstić information content (AvgIpc) is 2.72. The Balaban J connectivity index is 2.21. The van der Waals surface area contributed by atoms with Crippen molar-refractivity contribution in [2.24, 2.45) is 5.16 Å². The summed E-state index contributed by atoms with van der Waals surface area (Å²) in [5.41, 5.74) is 1.41. The molecule has 2 rings (SSSR count). The van der Waals surface area contributed by atoms with Crippen LogP contribution >= 0.6 is 46.4 Å². The van der Waals surface area contributed by atoms with Crippen LogP contribution in [-0.2, 0) is 16.2 Å². The van der Waals surface area contributed by atoms with Crippen molar-refractivity contribution in [2.45, 2.75) is 6.61 Å². The molecule has 0 aromatic heterocycles. The lowest BCUT2D eigenvalue weighted by Gasteiger charge is -2.14. The van der Waals surface area contributed by atoms with E-state index in [9.17, 15) is 4.79 Å². The van der Waals surface area contributed by atoms with Crippen LogP contribution < -0.4 is 14.8 Å². The van der Waals surface area contributed by atoms with Crippen LogP contribution in [0.3, 0.4) is 0 Å². The van der Waals surface area contributed by atoms with Crippen molar-refractivity contribution in [1.29, 1.82) is 0 Å². The van der Waals surface area contributed by atoms with Crippen LogP contribution in [0.4, 0.5) is 0 Å². The van der Waals surface area contributed by atoms with Crippen LogP contribution in [0.5, 0.6) is 11.5 Å². The highest BCUT2D eigenvalue weighted by Gasteiger charge is 2.18. The van der Waals surface area contributed by atoms with Crippen LogP contribution in [0.1, 0.15) is 11.1 Å². The summed E-state index contributed by atoms with van der Waals surface area (Å²) in [7, 11) is 2.88. The fraction of sp³-hybridized carbons (Fsp3) is 0.200. The highest BCUT2D eigenvalue weighted by atomic mass is 35.5. The third kappa shape index (κ3) is 6.71. The molecule has 0 aliphatic rings. The van der Waals surface area contributed by atoms with Gasteiger partial charge in [-0.1, -0.05) is 75.8 Å². The van der Waals surface area contributed by atoms with E-state index in [4.69, 9.17) is 60.7 Å². The van der Waals surface area contributed by atoms with E-state index in [0.29, 0.717) is 16.9 Å². The second kappa shape index (κ2) is 11.9. The van der Waals surface area contributed by atoms with E-state index in [1.165, 1.54) is 20.2 Å². The summed E-state index contributed by atoms with van der Waals surface area (Å²) >= 11 is 23.6. The zero-order chi connectivity index (χ0) is 22.1. The molecular formula is C20H18Cl4N2O4. The van der Waals surface area contributed by atoms with Gasteiger partial charge in [-0.3, -0.25) is 4.79 Å². The second-order valence-electron chi connectivity index (χ2n) is 5.67. The van der Waals surface area contributed by atoms with Crippen molar-refractivity contribution < 1.29 is 19.1 Å². The van der Waals surface area contributed by atoms with Crippen molar-refractivity contribution in [1.82, 2.24) is 5.32 Å². The second-order valence-corrected chi connectivity index (χ2v) is 7.49. The van der Waals surface area contributed by atoms with E-state index < -0.39 is 0 Å². The van der Waals surface area contributed by atoms with Gasteiger partial charge in [-0.15, -0.1) is 0 Å². The molecule has 0 saturated carbocycles. The normalized spacial score (nSPS) is 10.9. The fourth-order valence-corrected chi connectivity index (χ4v) is 3.11. The number of ether oxygens (including phenoxy) is 2. The van der Waals surface area contributed by atoms with E-state index in [1.54, 1.807) is 24.3 Å². The first kappa shape index (κ1) is 24.2. The molecule has 6 nitrogen and oxygen atoms in total. The first-order chi connectivity index (χ1) is 14.4. The number of carbonyl (C=O) groups excluding carboxylic acids is 1. The van der Waals surface area contributed by atoms with Crippen molar-refractivity contribution in [3.05, 3.63) is 68.1 Å². The first-order valence-electron chi connectivity index (χ1n) is 8.54. The molecule has 160 valence electrons. The van der Waals surface area contributed by atoms with Crippen molar-refractivity contribution in [2.75, 3.05) is 20.8 Å². The third-order valence-corrected chi connectivity index (χ3v) is 4.60. The molecule has 2 aromatic rings. The lowest BCUT2D eigenvalue weighted by Crippen LogP contribution is -2.29. The molecule has 0 atom stereocenters. The van der Waals surface area contributed by atoms with Gasteiger partial charge in [-0.05, 0) is 11.6 Å². The van der Waals surface area contributed by atoms with Crippen LogP contribution in [0.2, 0.25) is 10.0 Å². The van der Waals surface area contributed by atoms with Crippen LogP contribution in [0.15, 0.2) is 52.1 Å². The molecule has 1 N–H and O–H groups in total. The summed E-state index contributed by atoms with van der Waals surface area (Å²) in [5.74, 6) is 0.317. The summed E-state index contributed by atoms with van der Waals surface area (Å²) in [6.07, 6.45) is 1.46. The van der Waals surface area contributed by atoms with Gasteiger partial charge in [-0.2, -0.15) is 0 Å². The SMILES string of the molecule is CNC(=O)/C(=N/OC)c1ccccc1COc1cc(Cl)c(OCC=C(Cl)Cl)c(Cl)c1. The maximum Gasteiger partial charge on any atom is 0.273 e. The van der Waals surface area contributed by atoms with Gasteiger partial charge in [0.2, 0.25) is 0 Å². The Kier molecular flexibility index (Phi) is 9.59. The predicted octanol–water partition coefficient (Wildman–Crippen LogP) is 5.37. The van der Waals surface area contributed by atoms with Gasteiger partial charge in [0.1, 0.15) is 30.6 Å². The Labute approximate surface area is 194 Å². The summed E-state index contributed by atoms with van der Waals surface area (Å²) in [6, 6.07) is 10.3. The fourth-order valence-electron chi connectivity index (χ4n) is 2.41. The molecule has 2 aromatic carbocycles. The number of hydrogen-bond donors (Lipinski definition) is 1. The van der Waals surface area contributed by atoms with Crippen molar-refractivity contribution in [3.8, 4) is 11.5 Å². The van der Waals surface area contributed by atoms with Crippen LogP contribution in [0.25, 0.3) is 0 Å². The van der Waals surface area contributed by atoms with Crippen LogP contribution in [0, 0.1) is 0 Å². The number of oxime groups is 1. The summed E-state index contributed by atoms with van der Waals surface area (Å²) in [4.78, 5) is 17.0. The minimum Gasteiger partial charge on any atom is -0.489 e. The third-order valence-electron chi connectivity index (χ3n) is 3.73. The lowest BCUT2D eigenvalue weighted by molar-refractivity contribution is -0.114. The van der Waals surface area contributed by atoms with E-state index in [0.717, 1.165) is 0 Å². The molecule has 30 heavy (non-hydrogen) atoms. The van der Waals surface area contributed by atoms with E-state index in [1.807, 2.05) is 12.1 Å². The summed E-state index contributed by atoms with van der Waals surface area (Å²) < 4.78 is 11.4. The molecule has 0 fully saturated rings. The zero-order valence-electron chi connectivity index (χ0n) is 16.0. The van der Waals surface area contributed by atoms with Gasteiger partial charge in [0.15, 0.2) is 11.5 Å². The number of nitrogens with zero attached hydrogens (tertiary/aromatic N) is 1. The Morgan fingerprint density at radius 3 is 2.40 bits per heavy atom. The molecule has 0 aliphatic carbocycles. The van der Waals surface area contributed by atoms with Crippen LogP contribution in [-0.4, -0.2) is 32.4 Å². The molecule has 0 aliphatic heterocycles. The average molecular weight is 492 g/mol. The number of benzene rings is 2. The molecule has 0 spiro atoms. The number of halogens is 4. The van der Waals surface area contributed by atoms with Gasteiger partial charge in [-0.25, -0.2) is 0 Å². The number of rotatable bonds is 9. The molecule has 1 amide bonds. The van der Waals surface area contributed by atoms with Gasteiger partial charge >= 0.3 is 0 Å². The first-order valence-corrected chi connectivity index (χ1v) is 10.1. The molecule has 0 radical (unpaired) electrons. The molecule has 0 heterocycles. The highest BCUT2D eigenvalue weighted by Crippen LogP contribution is 2.37. The Morgan fingerprint density at radius 1 is 1.13 bits per heavy atom. The van der Waals surface area contributed by atoms with Gasteiger partial charge in [0.05, 0.1) is 10.0 Å². The Morgan fingerprint density at radius 2 is 1.80 bits per heavy atom. The monoisotopic (exact) mass is 490 g/mol. The maximum atomic E-state index is 12.2. The van der Waals surface area contributed by atoms with E-state index in [-0.39, 0.29) is 45.1 Å². The number of carbonyl (C=O) groups is 1. The van der Waals surface area contributed by atoms with Crippen molar-refractivity contribution >= 4 is 58.0 Å². The Hall–Kier alpha value is -2.12. The van der Waals surface area contributed by atoms with Gasteiger partial charge < -0.3 is 19.6 Å². The number of likely N-dealkylation sites (N-methyl/N-ethyl adjacent to an activating group) is 1. The highest BCUT2D eigenvalue weighted by molar-refractivity contribution is 6.55. The molecule has 10 heteroatoms. The smallest absolute Gasteiger partial charge is 0.273 e. The Bertz CT molecular complexity index is 937. The minimum absolute atomic E-state index is 0.0778. The maximum absolute atomic E-state index is 12.2. The van der Waals surface area contributed by atoms with Gasteiger partial charge in [0, 0.05) is 24.7 Å². The quantitative estimate of drug-likeness (QED) is 0.378. The lowest BCUT2D eigenvalue weighted by atomic mass is 10.0. The number of nitrogens with one attached hydrogen (secondary N) is 1. The standard InChI is InChI=1S/C20H18Cl4N2O4/c1-25-20(27)18(26-28-2)14-6-4-3-5-12(14)11-30-13-9-15(21)19(16(22)10-13)29-8-7-17(23)24/h3-7,9-10H,8,11H2,1-2H3,(H,25,27)/b26-18+. The topological polar surface area (TPSA) is 69.2 Å². The molecule has 0 bridgehead atoms. The summed E-state index contributed by atoms with van der Waals surface area (Å²) in [6.45, 7) is 0.240. The van der Waals surface area contributed by atoms with Crippen molar-refractivity contribution in [3.63, 3.8) is 0 Å². The zero-order valence-corrected chi connectivity index (χ0v) is 19.1. The minimum atomic E-state index is -0.386. The van der Waals surface area contributed by atoms with E-state index in [2.05, 4.69) is 10.5 Å². The number of amides is 1. The van der Waals surface area contributed by atoms with Gasteiger partial charge in [0.25, 0.3) is 5.91 Å². The number of hydrogen-bond acceptors (Lipinski definition) is 5. The summed E-state index contributed by atoms with van der Waals surface area (Å²) in [5, 5.41) is 6.88.